The van der Waals surface area contributed by atoms with E-state index in [9.17, 15) is 4.79 Å². The van der Waals surface area contributed by atoms with Crippen molar-refractivity contribution in [2.45, 2.75) is 19.4 Å². The van der Waals surface area contributed by atoms with E-state index in [2.05, 4.69) is 20.4 Å². The summed E-state index contributed by atoms with van der Waals surface area (Å²) < 4.78 is 16.2. The minimum Gasteiger partial charge on any atom is -0.497 e. The maximum Gasteiger partial charge on any atom is 0.241 e. The van der Waals surface area contributed by atoms with Crippen LogP contribution in [-0.2, 0) is 11.3 Å². The van der Waals surface area contributed by atoms with Crippen LogP contribution in [0.2, 0.25) is 5.02 Å². The molecule has 9 heteroatoms. The van der Waals surface area contributed by atoms with Crippen molar-refractivity contribution in [3.8, 4) is 22.9 Å². The summed E-state index contributed by atoms with van der Waals surface area (Å²) in [5.74, 6) is 2.60. The summed E-state index contributed by atoms with van der Waals surface area (Å²) >= 11 is 6.07. The van der Waals surface area contributed by atoms with Crippen LogP contribution in [0.4, 0.5) is 0 Å². The summed E-state index contributed by atoms with van der Waals surface area (Å²) in [5, 5.41) is 7.61. The van der Waals surface area contributed by atoms with Gasteiger partial charge in [-0.25, -0.2) is 0 Å². The number of carbonyl (C=O) groups is 1. The van der Waals surface area contributed by atoms with Gasteiger partial charge in [0, 0.05) is 11.5 Å². The van der Waals surface area contributed by atoms with E-state index in [-0.39, 0.29) is 11.8 Å². The SMILES string of the molecule is COc1ccc(-c2noc(CN3CCC(C(=O)NCCOc4ccccc4Cl)CC3)n2)cc1. The van der Waals surface area contributed by atoms with Crippen LogP contribution in [0.5, 0.6) is 11.5 Å². The van der Waals surface area contributed by atoms with Gasteiger partial charge in [0.15, 0.2) is 0 Å². The Labute approximate surface area is 197 Å². The second-order valence-electron chi connectivity index (χ2n) is 7.86. The number of nitrogens with zero attached hydrogens (tertiary/aromatic N) is 3. The maximum atomic E-state index is 12.5. The van der Waals surface area contributed by atoms with Crippen molar-refractivity contribution < 1.29 is 18.8 Å². The minimum absolute atomic E-state index is 0.000825. The zero-order valence-corrected chi connectivity index (χ0v) is 19.3. The molecule has 4 rings (SSSR count). The van der Waals surface area contributed by atoms with Crippen molar-refractivity contribution in [3.63, 3.8) is 0 Å². The monoisotopic (exact) mass is 470 g/mol. The number of hydrogen-bond acceptors (Lipinski definition) is 7. The lowest BCUT2D eigenvalue weighted by molar-refractivity contribution is -0.126. The van der Waals surface area contributed by atoms with Crippen molar-refractivity contribution in [1.29, 1.82) is 0 Å². The maximum absolute atomic E-state index is 12.5. The van der Waals surface area contributed by atoms with Crippen molar-refractivity contribution in [1.82, 2.24) is 20.4 Å². The molecular weight excluding hydrogens is 444 g/mol. The molecule has 1 saturated heterocycles. The number of halogens is 1. The number of benzene rings is 2. The number of ether oxygens (including phenoxy) is 2. The zero-order valence-electron chi connectivity index (χ0n) is 18.5. The molecule has 1 aliphatic heterocycles. The molecule has 1 fully saturated rings. The van der Waals surface area contributed by atoms with Crippen molar-refractivity contribution in [2.75, 3.05) is 33.4 Å². The van der Waals surface area contributed by atoms with Gasteiger partial charge in [-0.15, -0.1) is 0 Å². The van der Waals surface area contributed by atoms with Crippen LogP contribution in [0, 0.1) is 5.92 Å². The van der Waals surface area contributed by atoms with Gasteiger partial charge >= 0.3 is 0 Å². The van der Waals surface area contributed by atoms with Crippen molar-refractivity contribution >= 4 is 17.5 Å². The first-order valence-corrected chi connectivity index (χ1v) is 11.3. The number of carbonyl (C=O) groups excluding carboxylic acids is 1. The van der Waals surface area contributed by atoms with Crippen molar-refractivity contribution in [2.24, 2.45) is 5.92 Å². The van der Waals surface area contributed by atoms with Gasteiger partial charge in [0.05, 0.1) is 25.2 Å². The summed E-state index contributed by atoms with van der Waals surface area (Å²) in [5.41, 5.74) is 0.875. The van der Waals surface area contributed by atoms with Gasteiger partial charge in [-0.1, -0.05) is 28.9 Å². The Balaban J connectivity index is 1.18. The van der Waals surface area contributed by atoms with Crippen LogP contribution in [-0.4, -0.2) is 54.3 Å². The molecule has 0 saturated carbocycles. The lowest BCUT2D eigenvalue weighted by Gasteiger charge is -2.30. The van der Waals surface area contributed by atoms with E-state index < -0.39 is 0 Å². The molecule has 1 amide bonds. The number of methoxy groups -OCH3 is 1. The molecule has 0 bridgehead atoms. The van der Waals surface area contributed by atoms with E-state index in [4.69, 9.17) is 25.6 Å². The first-order valence-electron chi connectivity index (χ1n) is 11.0. The van der Waals surface area contributed by atoms with Crippen LogP contribution in [0.3, 0.4) is 0 Å². The molecule has 1 aliphatic rings. The summed E-state index contributed by atoms with van der Waals surface area (Å²) in [6.45, 7) is 2.99. The van der Waals surface area contributed by atoms with Crippen LogP contribution in [0.25, 0.3) is 11.4 Å². The number of para-hydroxylation sites is 1. The highest BCUT2D eigenvalue weighted by Gasteiger charge is 2.25. The van der Waals surface area contributed by atoms with Crippen LogP contribution >= 0.6 is 11.6 Å². The molecule has 0 atom stereocenters. The highest BCUT2D eigenvalue weighted by atomic mass is 35.5. The van der Waals surface area contributed by atoms with Gasteiger partial charge < -0.3 is 19.3 Å². The smallest absolute Gasteiger partial charge is 0.241 e. The highest BCUT2D eigenvalue weighted by Crippen LogP contribution is 2.23. The number of amides is 1. The lowest BCUT2D eigenvalue weighted by Crippen LogP contribution is -2.41. The first kappa shape index (κ1) is 23.1. The Morgan fingerprint density at radius 2 is 1.94 bits per heavy atom. The van der Waals surface area contributed by atoms with E-state index in [1.807, 2.05) is 42.5 Å². The van der Waals surface area contributed by atoms with E-state index in [1.54, 1.807) is 13.2 Å². The van der Waals surface area contributed by atoms with Crippen LogP contribution < -0.4 is 14.8 Å². The third kappa shape index (κ3) is 6.24. The van der Waals surface area contributed by atoms with E-state index in [0.717, 1.165) is 37.2 Å². The third-order valence-electron chi connectivity index (χ3n) is 5.63. The van der Waals surface area contributed by atoms with E-state index in [0.29, 0.717) is 42.2 Å². The molecule has 1 N–H and O–H groups in total. The largest absolute Gasteiger partial charge is 0.497 e. The van der Waals surface area contributed by atoms with Gasteiger partial charge in [0.1, 0.15) is 18.1 Å². The van der Waals surface area contributed by atoms with Crippen molar-refractivity contribution in [3.05, 3.63) is 59.4 Å². The normalized spacial score (nSPS) is 14.7. The lowest BCUT2D eigenvalue weighted by atomic mass is 9.96. The molecule has 174 valence electrons. The predicted molar refractivity (Wildman–Crippen MR) is 124 cm³/mol. The summed E-state index contributed by atoms with van der Waals surface area (Å²) in [6.07, 6.45) is 1.58. The minimum atomic E-state index is -0.000825. The number of nitrogens with one attached hydrogen (secondary N) is 1. The molecule has 2 heterocycles. The number of hydrogen-bond donors (Lipinski definition) is 1. The Kier molecular flexibility index (Phi) is 7.80. The number of rotatable bonds is 9. The van der Waals surface area contributed by atoms with Gasteiger partial charge in [-0.05, 0) is 62.3 Å². The fraction of sp³-hybridized carbons (Fsp3) is 0.375. The highest BCUT2D eigenvalue weighted by molar-refractivity contribution is 6.32. The molecule has 0 spiro atoms. The number of likely N-dealkylation sites (tertiary alicyclic amines) is 1. The molecule has 0 aliphatic carbocycles. The summed E-state index contributed by atoms with van der Waals surface area (Å²) in [7, 11) is 1.63. The van der Waals surface area contributed by atoms with Crippen LogP contribution in [0.15, 0.2) is 53.1 Å². The van der Waals surface area contributed by atoms with Gasteiger partial charge in [-0.3, -0.25) is 9.69 Å². The van der Waals surface area contributed by atoms with Gasteiger partial charge in [-0.2, -0.15) is 4.98 Å². The molecule has 3 aromatic rings. The second kappa shape index (κ2) is 11.2. The molecule has 8 nitrogen and oxygen atoms in total. The fourth-order valence-electron chi connectivity index (χ4n) is 3.76. The Hall–Kier alpha value is -3.10. The topological polar surface area (TPSA) is 89.7 Å². The Bertz CT molecular complexity index is 1050. The Morgan fingerprint density at radius 3 is 2.67 bits per heavy atom. The quantitative estimate of drug-likeness (QED) is 0.475. The zero-order chi connectivity index (χ0) is 23.0. The number of piperidine rings is 1. The standard InChI is InChI=1S/C24H27ClN4O4/c1-31-19-8-6-17(7-9-19)23-27-22(33-28-23)16-29-13-10-18(11-14-29)24(30)26-12-15-32-21-5-3-2-4-20(21)25/h2-9,18H,10-16H2,1H3,(H,26,30). The third-order valence-corrected chi connectivity index (χ3v) is 5.94. The fourth-order valence-corrected chi connectivity index (χ4v) is 3.95. The molecular formula is C24H27ClN4O4. The van der Waals surface area contributed by atoms with E-state index in [1.165, 1.54) is 0 Å². The Morgan fingerprint density at radius 1 is 1.18 bits per heavy atom. The average molecular weight is 471 g/mol. The predicted octanol–water partition coefficient (Wildman–Crippen LogP) is 3.81. The van der Waals surface area contributed by atoms with Crippen LogP contribution in [0.1, 0.15) is 18.7 Å². The van der Waals surface area contributed by atoms with Gasteiger partial charge in [0.2, 0.25) is 17.6 Å². The van der Waals surface area contributed by atoms with E-state index >= 15 is 0 Å². The molecule has 2 aromatic carbocycles. The second-order valence-corrected chi connectivity index (χ2v) is 8.27. The molecule has 1 aromatic heterocycles. The first-order chi connectivity index (χ1) is 16.1. The molecule has 0 unspecified atom stereocenters. The molecule has 0 radical (unpaired) electrons. The van der Waals surface area contributed by atoms with Gasteiger partial charge in [0.25, 0.3) is 0 Å². The summed E-state index contributed by atoms with van der Waals surface area (Å²) in [6, 6.07) is 14.8. The summed E-state index contributed by atoms with van der Waals surface area (Å²) in [4.78, 5) is 19.2. The average Bonchev–Trinajstić information content (AvgIpc) is 3.31. The number of aromatic nitrogens is 2. The molecule has 33 heavy (non-hydrogen) atoms.